The molecule has 0 aliphatic carbocycles. The van der Waals surface area contributed by atoms with Crippen molar-refractivity contribution in [2.75, 3.05) is 29.9 Å². The maximum absolute atomic E-state index is 11.4. The van der Waals surface area contributed by atoms with Crippen LogP contribution in [0.25, 0.3) is 0 Å². The second kappa shape index (κ2) is 6.61. The topological polar surface area (TPSA) is 84.2 Å². The van der Waals surface area contributed by atoms with E-state index in [-0.39, 0.29) is 5.75 Å². The van der Waals surface area contributed by atoms with Gasteiger partial charge in [-0.2, -0.15) is 0 Å². The van der Waals surface area contributed by atoms with Gasteiger partial charge in [-0.25, -0.2) is 13.1 Å². The summed E-state index contributed by atoms with van der Waals surface area (Å²) in [6.45, 7) is 4.73. The van der Waals surface area contributed by atoms with Gasteiger partial charge in [0.2, 0.25) is 10.0 Å². The molecular weight excluding hydrogens is 250 g/mol. The van der Waals surface area contributed by atoms with Crippen LogP contribution in [-0.2, 0) is 10.0 Å². The summed E-state index contributed by atoms with van der Waals surface area (Å²) < 4.78 is 25.3. The van der Waals surface area contributed by atoms with Crippen LogP contribution < -0.4 is 15.8 Å². The smallest absolute Gasteiger partial charge is 0.211 e. The third-order valence-corrected chi connectivity index (χ3v) is 4.08. The summed E-state index contributed by atoms with van der Waals surface area (Å²) in [4.78, 5) is 0. The van der Waals surface area contributed by atoms with Crippen molar-refractivity contribution in [3.05, 3.63) is 23.8 Å². The van der Waals surface area contributed by atoms with Gasteiger partial charge in [-0.05, 0) is 37.1 Å². The Labute approximate surface area is 109 Å². The average Bonchev–Trinajstić information content (AvgIpc) is 2.26. The van der Waals surface area contributed by atoms with Gasteiger partial charge in [-0.3, -0.25) is 0 Å². The number of benzene rings is 1. The quantitative estimate of drug-likeness (QED) is 0.516. The van der Waals surface area contributed by atoms with E-state index in [4.69, 9.17) is 5.73 Å². The summed E-state index contributed by atoms with van der Waals surface area (Å²) in [6.07, 6.45) is 0.625. The lowest BCUT2D eigenvalue weighted by Crippen LogP contribution is -2.30. The lowest BCUT2D eigenvalue weighted by atomic mass is 10.2. The number of nitrogen functional groups attached to an aromatic ring is 1. The number of aryl methyl sites for hydroxylation is 1. The number of nitrogens with one attached hydrogen (secondary N) is 2. The van der Waals surface area contributed by atoms with Crippen LogP contribution in [0.3, 0.4) is 0 Å². The zero-order valence-corrected chi connectivity index (χ0v) is 11.7. The first-order valence-corrected chi connectivity index (χ1v) is 7.67. The van der Waals surface area contributed by atoms with Gasteiger partial charge in [0.05, 0.1) is 5.75 Å². The Kier molecular flexibility index (Phi) is 5.43. The molecule has 0 fully saturated rings. The Morgan fingerprint density at radius 3 is 2.61 bits per heavy atom. The summed E-state index contributed by atoms with van der Waals surface area (Å²) >= 11 is 0. The summed E-state index contributed by atoms with van der Waals surface area (Å²) in [7, 11) is -3.11. The maximum Gasteiger partial charge on any atom is 0.211 e. The minimum atomic E-state index is -3.11. The normalized spacial score (nSPS) is 11.4. The standard InChI is InChI=1S/C12H21N3O2S/c1-3-8-18(16,17)15-7-6-14-12-5-4-11(13)9-10(12)2/h4-5,9,14-15H,3,6-8,13H2,1-2H3. The average molecular weight is 271 g/mol. The van der Waals surface area contributed by atoms with Crippen LogP contribution in [0.15, 0.2) is 18.2 Å². The Bertz CT molecular complexity index is 486. The number of rotatable bonds is 7. The number of anilines is 2. The maximum atomic E-state index is 11.4. The monoisotopic (exact) mass is 271 g/mol. The van der Waals surface area contributed by atoms with E-state index in [1.54, 1.807) is 0 Å². The Hall–Kier alpha value is -1.27. The SMILES string of the molecule is CCCS(=O)(=O)NCCNc1ccc(N)cc1C. The van der Waals surface area contributed by atoms with Crippen LogP contribution in [-0.4, -0.2) is 27.3 Å². The Balaban J connectivity index is 2.38. The van der Waals surface area contributed by atoms with Crippen molar-refractivity contribution in [2.24, 2.45) is 0 Å². The van der Waals surface area contributed by atoms with Crippen molar-refractivity contribution >= 4 is 21.4 Å². The van der Waals surface area contributed by atoms with Crippen LogP contribution in [0.1, 0.15) is 18.9 Å². The molecule has 1 aromatic rings. The molecule has 0 aliphatic heterocycles. The van der Waals surface area contributed by atoms with E-state index in [1.165, 1.54) is 0 Å². The third-order valence-electron chi connectivity index (χ3n) is 2.49. The van der Waals surface area contributed by atoms with E-state index in [2.05, 4.69) is 10.0 Å². The molecule has 0 bridgehead atoms. The Morgan fingerprint density at radius 1 is 1.28 bits per heavy atom. The predicted octanol–water partition coefficient (Wildman–Crippen LogP) is 1.32. The highest BCUT2D eigenvalue weighted by Crippen LogP contribution is 2.16. The number of hydrogen-bond donors (Lipinski definition) is 3. The van der Waals surface area contributed by atoms with Gasteiger partial charge in [0.1, 0.15) is 0 Å². The first-order valence-electron chi connectivity index (χ1n) is 6.02. The van der Waals surface area contributed by atoms with Crippen molar-refractivity contribution in [3.8, 4) is 0 Å². The van der Waals surface area contributed by atoms with Crippen molar-refractivity contribution in [3.63, 3.8) is 0 Å². The second-order valence-electron chi connectivity index (χ2n) is 4.21. The molecule has 1 rings (SSSR count). The molecule has 0 unspecified atom stereocenters. The predicted molar refractivity (Wildman–Crippen MR) is 76.2 cm³/mol. The third kappa shape index (κ3) is 4.93. The lowest BCUT2D eigenvalue weighted by Gasteiger charge is -2.11. The molecule has 0 heterocycles. The highest BCUT2D eigenvalue weighted by atomic mass is 32.2. The number of hydrogen-bond acceptors (Lipinski definition) is 4. The molecule has 1 aromatic carbocycles. The van der Waals surface area contributed by atoms with E-state index in [9.17, 15) is 8.42 Å². The van der Waals surface area contributed by atoms with Crippen LogP contribution in [0, 0.1) is 6.92 Å². The summed E-state index contributed by atoms with van der Waals surface area (Å²) in [5.41, 5.74) is 8.40. The molecule has 6 heteroatoms. The fourth-order valence-corrected chi connectivity index (χ4v) is 2.72. The molecule has 0 radical (unpaired) electrons. The Morgan fingerprint density at radius 2 is 2.00 bits per heavy atom. The molecule has 0 aliphatic rings. The fourth-order valence-electron chi connectivity index (χ4n) is 1.63. The molecule has 102 valence electrons. The zero-order chi connectivity index (χ0) is 13.6. The zero-order valence-electron chi connectivity index (χ0n) is 10.9. The van der Waals surface area contributed by atoms with Crippen LogP contribution in [0.4, 0.5) is 11.4 Å². The van der Waals surface area contributed by atoms with Gasteiger partial charge < -0.3 is 11.1 Å². The minimum absolute atomic E-state index is 0.175. The molecule has 0 atom stereocenters. The molecule has 0 saturated carbocycles. The van der Waals surface area contributed by atoms with Gasteiger partial charge in [0.25, 0.3) is 0 Å². The van der Waals surface area contributed by atoms with E-state index in [0.717, 1.165) is 16.9 Å². The van der Waals surface area contributed by atoms with Gasteiger partial charge in [0.15, 0.2) is 0 Å². The highest BCUT2D eigenvalue weighted by molar-refractivity contribution is 7.89. The fraction of sp³-hybridized carbons (Fsp3) is 0.500. The van der Waals surface area contributed by atoms with E-state index >= 15 is 0 Å². The first kappa shape index (κ1) is 14.8. The van der Waals surface area contributed by atoms with Crippen molar-refractivity contribution in [1.82, 2.24) is 4.72 Å². The second-order valence-corrected chi connectivity index (χ2v) is 6.14. The molecule has 5 nitrogen and oxygen atoms in total. The van der Waals surface area contributed by atoms with Gasteiger partial charge in [-0.15, -0.1) is 0 Å². The van der Waals surface area contributed by atoms with Crippen molar-refractivity contribution < 1.29 is 8.42 Å². The lowest BCUT2D eigenvalue weighted by molar-refractivity contribution is 0.581. The first-order chi connectivity index (χ1) is 8.44. The minimum Gasteiger partial charge on any atom is -0.399 e. The largest absolute Gasteiger partial charge is 0.399 e. The van der Waals surface area contributed by atoms with E-state index in [1.807, 2.05) is 32.0 Å². The van der Waals surface area contributed by atoms with Gasteiger partial charge in [0, 0.05) is 24.5 Å². The van der Waals surface area contributed by atoms with Crippen LogP contribution >= 0.6 is 0 Å². The van der Waals surface area contributed by atoms with Gasteiger partial charge >= 0.3 is 0 Å². The van der Waals surface area contributed by atoms with E-state index in [0.29, 0.717) is 19.5 Å². The summed E-state index contributed by atoms with van der Waals surface area (Å²) in [5, 5.41) is 3.17. The van der Waals surface area contributed by atoms with Crippen molar-refractivity contribution in [1.29, 1.82) is 0 Å². The van der Waals surface area contributed by atoms with E-state index < -0.39 is 10.0 Å². The molecule has 0 aromatic heterocycles. The number of nitrogens with two attached hydrogens (primary N) is 1. The summed E-state index contributed by atoms with van der Waals surface area (Å²) in [5.74, 6) is 0.175. The highest BCUT2D eigenvalue weighted by Gasteiger charge is 2.06. The molecule has 18 heavy (non-hydrogen) atoms. The van der Waals surface area contributed by atoms with Gasteiger partial charge in [-0.1, -0.05) is 6.92 Å². The molecule has 0 saturated heterocycles. The molecule has 4 N–H and O–H groups in total. The molecule has 0 amide bonds. The number of sulfonamides is 1. The van der Waals surface area contributed by atoms with Crippen LogP contribution in [0.5, 0.6) is 0 Å². The summed E-state index contributed by atoms with van der Waals surface area (Å²) in [6, 6.07) is 5.59. The molecular formula is C12H21N3O2S. The molecule has 0 spiro atoms. The van der Waals surface area contributed by atoms with Crippen LogP contribution in [0.2, 0.25) is 0 Å². The van der Waals surface area contributed by atoms with Crippen molar-refractivity contribution in [2.45, 2.75) is 20.3 Å².